The largest absolute Gasteiger partial charge is 0.461 e. The van der Waals surface area contributed by atoms with Crippen LogP contribution in [0.15, 0.2) is 23.7 Å². The van der Waals surface area contributed by atoms with Crippen LogP contribution in [0.25, 0.3) is 10.6 Å². The third kappa shape index (κ3) is 6.97. The Morgan fingerprint density at radius 1 is 1.30 bits per heavy atom. The van der Waals surface area contributed by atoms with E-state index in [1.165, 1.54) is 11.3 Å². The van der Waals surface area contributed by atoms with Crippen LogP contribution in [0.4, 0.5) is 4.79 Å². The predicted octanol–water partition coefficient (Wildman–Crippen LogP) is 3.84. The molecule has 2 heterocycles. The first-order chi connectivity index (χ1) is 12.8. The lowest BCUT2D eigenvalue weighted by Crippen LogP contribution is -2.33. The van der Waals surface area contributed by atoms with Crippen molar-refractivity contribution in [3.05, 3.63) is 35.1 Å². The number of carbonyl (C=O) groups excluding carboxylic acids is 2. The number of nitrogens with one attached hydrogen (secondary N) is 1. The van der Waals surface area contributed by atoms with Crippen molar-refractivity contribution < 1.29 is 19.1 Å². The van der Waals surface area contributed by atoms with Gasteiger partial charge in [-0.15, -0.1) is 11.3 Å². The Labute approximate surface area is 163 Å². The second-order valence-electron chi connectivity index (χ2n) is 6.83. The first kappa shape index (κ1) is 20.8. The Kier molecular flexibility index (Phi) is 7.29. The molecule has 8 heteroatoms. The van der Waals surface area contributed by atoms with E-state index in [0.29, 0.717) is 25.3 Å². The summed E-state index contributed by atoms with van der Waals surface area (Å²) in [5.74, 6) is -0.414. The summed E-state index contributed by atoms with van der Waals surface area (Å²) in [4.78, 5) is 32.0. The minimum absolute atomic E-state index is 0.316. The van der Waals surface area contributed by atoms with Gasteiger partial charge in [0.15, 0.2) is 5.69 Å². The third-order valence-electron chi connectivity index (χ3n) is 3.33. The van der Waals surface area contributed by atoms with E-state index in [-0.39, 0.29) is 0 Å². The van der Waals surface area contributed by atoms with Crippen LogP contribution in [0.5, 0.6) is 0 Å². The van der Waals surface area contributed by atoms with Crippen LogP contribution in [0.1, 0.15) is 50.3 Å². The molecule has 0 saturated heterocycles. The van der Waals surface area contributed by atoms with Crippen LogP contribution in [0.3, 0.4) is 0 Å². The molecule has 0 atom stereocenters. The predicted molar refractivity (Wildman–Crippen MR) is 104 cm³/mol. The van der Waals surface area contributed by atoms with Gasteiger partial charge in [0.2, 0.25) is 0 Å². The fraction of sp³-hybridized carbons (Fsp3) is 0.474. The highest BCUT2D eigenvalue weighted by Gasteiger charge is 2.15. The van der Waals surface area contributed by atoms with E-state index in [0.717, 1.165) is 22.7 Å². The van der Waals surface area contributed by atoms with Crippen molar-refractivity contribution in [3.8, 4) is 10.6 Å². The van der Waals surface area contributed by atoms with E-state index in [1.54, 1.807) is 18.5 Å². The van der Waals surface area contributed by atoms with E-state index < -0.39 is 17.7 Å². The number of hydrogen-bond acceptors (Lipinski definition) is 7. The maximum absolute atomic E-state index is 11.7. The maximum Gasteiger partial charge on any atom is 0.407 e. The molecule has 2 aromatic rings. The number of ether oxygens (including phenoxy) is 2. The molecule has 0 unspecified atom stereocenters. The highest BCUT2D eigenvalue weighted by atomic mass is 32.1. The van der Waals surface area contributed by atoms with Crippen LogP contribution < -0.4 is 5.32 Å². The summed E-state index contributed by atoms with van der Waals surface area (Å²) in [5.41, 5.74) is 1.61. The number of amides is 1. The summed E-state index contributed by atoms with van der Waals surface area (Å²) < 4.78 is 10.2. The summed E-state index contributed by atoms with van der Waals surface area (Å²) >= 11 is 1.39. The lowest BCUT2D eigenvalue weighted by Gasteiger charge is -2.19. The van der Waals surface area contributed by atoms with Gasteiger partial charge < -0.3 is 14.8 Å². The van der Waals surface area contributed by atoms with Gasteiger partial charge in [-0.1, -0.05) is 0 Å². The average molecular weight is 391 g/mol. The molecule has 0 fully saturated rings. The molecular formula is C19H25N3O4S. The Morgan fingerprint density at radius 3 is 2.78 bits per heavy atom. The molecule has 2 rings (SSSR count). The van der Waals surface area contributed by atoms with Gasteiger partial charge in [-0.05, 0) is 52.7 Å². The lowest BCUT2D eigenvalue weighted by atomic mass is 10.1. The zero-order valence-electron chi connectivity index (χ0n) is 16.1. The molecule has 0 aliphatic carbocycles. The molecule has 0 saturated carbocycles. The Balaban J connectivity index is 1.88. The minimum atomic E-state index is -0.504. The van der Waals surface area contributed by atoms with Crippen molar-refractivity contribution in [1.82, 2.24) is 15.3 Å². The number of aryl methyl sites for hydroxylation is 1. The molecule has 1 N–H and O–H groups in total. The van der Waals surface area contributed by atoms with Crippen molar-refractivity contribution in [3.63, 3.8) is 0 Å². The number of esters is 1. The van der Waals surface area contributed by atoms with Crippen LogP contribution in [0.2, 0.25) is 0 Å². The maximum atomic E-state index is 11.7. The van der Waals surface area contributed by atoms with E-state index in [2.05, 4.69) is 15.3 Å². The van der Waals surface area contributed by atoms with Gasteiger partial charge in [-0.25, -0.2) is 14.6 Å². The van der Waals surface area contributed by atoms with Gasteiger partial charge in [-0.3, -0.25) is 4.98 Å². The topological polar surface area (TPSA) is 90.4 Å². The number of nitrogens with zero attached hydrogens (tertiary/aromatic N) is 2. The molecular weight excluding hydrogens is 366 g/mol. The first-order valence-electron chi connectivity index (χ1n) is 8.83. The number of carbonyl (C=O) groups is 2. The zero-order valence-corrected chi connectivity index (χ0v) is 16.9. The van der Waals surface area contributed by atoms with Crippen LogP contribution in [-0.4, -0.2) is 40.8 Å². The van der Waals surface area contributed by atoms with Gasteiger partial charge >= 0.3 is 12.1 Å². The SMILES string of the molecule is CCOC(=O)c1csc(-c2ccnc(CCCNC(=O)OC(C)(C)C)c2)n1. The molecule has 0 bridgehead atoms. The van der Waals surface area contributed by atoms with Gasteiger partial charge in [0.1, 0.15) is 10.6 Å². The summed E-state index contributed by atoms with van der Waals surface area (Å²) in [6.45, 7) is 8.07. The van der Waals surface area contributed by atoms with Crippen molar-refractivity contribution in [2.75, 3.05) is 13.2 Å². The number of thiazole rings is 1. The highest BCUT2D eigenvalue weighted by Crippen LogP contribution is 2.24. The normalized spacial score (nSPS) is 11.1. The first-order valence-corrected chi connectivity index (χ1v) is 9.71. The second-order valence-corrected chi connectivity index (χ2v) is 7.68. The number of hydrogen-bond donors (Lipinski definition) is 1. The average Bonchev–Trinajstić information content (AvgIpc) is 3.08. The summed E-state index contributed by atoms with van der Waals surface area (Å²) in [5, 5.41) is 5.17. The lowest BCUT2D eigenvalue weighted by molar-refractivity contribution is 0.0513. The Morgan fingerprint density at radius 2 is 2.07 bits per heavy atom. The molecule has 27 heavy (non-hydrogen) atoms. The van der Waals surface area contributed by atoms with Gasteiger partial charge in [0, 0.05) is 29.4 Å². The highest BCUT2D eigenvalue weighted by molar-refractivity contribution is 7.13. The van der Waals surface area contributed by atoms with E-state index >= 15 is 0 Å². The molecule has 0 aliphatic rings. The molecule has 0 aromatic carbocycles. The van der Waals surface area contributed by atoms with Crippen LogP contribution in [-0.2, 0) is 15.9 Å². The molecule has 7 nitrogen and oxygen atoms in total. The smallest absolute Gasteiger partial charge is 0.407 e. The molecule has 146 valence electrons. The van der Waals surface area contributed by atoms with Crippen LogP contribution in [0, 0.1) is 0 Å². The number of alkyl carbamates (subject to hydrolysis) is 1. The van der Waals surface area contributed by atoms with Crippen molar-refractivity contribution >= 4 is 23.4 Å². The second kappa shape index (κ2) is 9.45. The van der Waals surface area contributed by atoms with E-state index in [1.807, 2.05) is 32.9 Å². The number of aromatic nitrogens is 2. The molecule has 0 spiro atoms. The van der Waals surface area contributed by atoms with E-state index in [9.17, 15) is 9.59 Å². The van der Waals surface area contributed by atoms with E-state index in [4.69, 9.17) is 9.47 Å². The van der Waals surface area contributed by atoms with Crippen LogP contribution >= 0.6 is 11.3 Å². The monoisotopic (exact) mass is 391 g/mol. The van der Waals surface area contributed by atoms with Crippen molar-refractivity contribution in [1.29, 1.82) is 0 Å². The Hall–Kier alpha value is -2.48. The number of pyridine rings is 1. The summed E-state index contributed by atoms with van der Waals surface area (Å²) in [6.07, 6.45) is 2.75. The molecule has 0 radical (unpaired) electrons. The Bertz CT molecular complexity index is 783. The van der Waals surface area contributed by atoms with Crippen molar-refractivity contribution in [2.24, 2.45) is 0 Å². The van der Waals surface area contributed by atoms with Gasteiger partial charge in [0.25, 0.3) is 0 Å². The molecule has 0 aliphatic heterocycles. The quantitative estimate of drug-likeness (QED) is 0.570. The summed E-state index contributed by atoms with van der Waals surface area (Å²) in [6, 6.07) is 3.80. The fourth-order valence-electron chi connectivity index (χ4n) is 2.23. The minimum Gasteiger partial charge on any atom is -0.461 e. The van der Waals surface area contributed by atoms with Gasteiger partial charge in [-0.2, -0.15) is 0 Å². The zero-order chi connectivity index (χ0) is 19.9. The fourth-order valence-corrected chi connectivity index (χ4v) is 3.01. The third-order valence-corrected chi connectivity index (χ3v) is 4.22. The molecule has 1 amide bonds. The standard InChI is InChI=1S/C19H25N3O4S/c1-5-25-17(23)15-12-27-16(22-15)13-8-10-20-14(11-13)7-6-9-21-18(24)26-19(2,3)4/h8,10-12H,5-7,9H2,1-4H3,(H,21,24). The van der Waals surface area contributed by atoms with Crippen molar-refractivity contribution in [2.45, 2.75) is 46.1 Å². The molecule has 2 aromatic heterocycles. The number of rotatable bonds is 7. The summed E-state index contributed by atoms with van der Waals surface area (Å²) in [7, 11) is 0. The van der Waals surface area contributed by atoms with Gasteiger partial charge in [0.05, 0.1) is 6.61 Å².